The SMILES string of the molecule is Cc1cc([C@H](N)[C@H](C)O)c(C)cc1O. The molecule has 4 N–H and O–H groups in total. The van der Waals surface area contributed by atoms with E-state index in [-0.39, 0.29) is 5.75 Å². The van der Waals surface area contributed by atoms with Crippen molar-refractivity contribution in [1.82, 2.24) is 0 Å². The van der Waals surface area contributed by atoms with Gasteiger partial charge in [0.1, 0.15) is 5.75 Å². The number of hydrogen-bond acceptors (Lipinski definition) is 3. The fourth-order valence-corrected chi connectivity index (χ4v) is 1.44. The molecular formula is C11H17NO2. The number of aromatic hydroxyl groups is 1. The summed E-state index contributed by atoms with van der Waals surface area (Å²) in [5.41, 5.74) is 8.39. The molecule has 0 fully saturated rings. The summed E-state index contributed by atoms with van der Waals surface area (Å²) in [6.45, 7) is 5.34. The minimum atomic E-state index is -0.586. The Bertz CT molecular complexity index is 334. The van der Waals surface area contributed by atoms with E-state index >= 15 is 0 Å². The summed E-state index contributed by atoms with van der Waals surface area (Å²) in [4.78, 5) is 0. The molecule has 78 valence electrons. The molecule has 0 unspecified atom stereocenters. The van der Waals surface area contributed by atoms with Gasteiger partial charge in [0, 0.05) is 0 Å². The van der Waals surface area contributed by atoms with Gasteiger partial charge >= 0.3 is 0 Å². The topological polar surface area (TPSA) is 66.5 Å². The Morgan fingerprint density at radius 3 is 2.29 bits per heavy atom. The van der Waals surface area contributed by atoms with Crippen LogP contribution in [-0.2, 0) is 0 Å². The molecule has 14 heavy (non-hydrogen) atoms. The maximum absolute atomic E-state index is 9.44. The lowest BCUT2D eigenvalue weighted by Gasteiger charge is -2.18. The number of aliphatic hydroxyl groups excluding tert-OH is 1. The van der Waals surface area contributed by atoms with Gasteiger partial charge in [0.05, 0.1) is 12.1 Å². The number of aliphatic hydroxyl groups is 1. The number of hydrogen-bond donors (Lipinski definition) is 3. The highest BCUT2D eigenvalue weighted by atomic mass is 16.3. The Balaban J connectivity index is 3.15. The lowest BCUT2D eigenvalue weighted by Crippen LogP contribution is -2.24. The number of aryl methyl sites for hydroxylation is 2. The van der Waals surface area contributed by atoms with E-state index in [0.717, 1.165) is 16.7 Å². The van der Waals surface area contributed by atoms with Gasteiger partial charge in [-0.25, -0.2) is 0 Å². The second kappa shape index (κ2) is 3.98. The molecule has 0 aliphatic rings. The molecule has 1 aromatic rings. The van der Waals surface area contributed by atoms with Crippen LogP contribution in [0.4, 0.5) is 0 Å². The highest BCUT2D eigenvalue weighted by molar-refractivity contribution is 5.42. The van der Waals surface area contributed by atoms with Crippen LogP contribution in [0.5, 0.6) is 5.75 Å². The first-order chi connectivity index (χ1) is 6.43. The fourth-order valence-electron chi connectivity index (χ4n) is 1.44. The first kappa shape index (κ1) is 11.0. The number of rotatable bonds is 2. The Morgan fingerprint density at radius 1 is 1.21 bits per heavy atom. The summed E-state index contributed by atoms with van der Waals surface area (Å²) < 4.78 is 0. The maximum atomic E-state index is 9.44. The molecule has 1 rings (SSSR count). The normalized spacial score (nSPS) is 15.2. The van der Waals surface area contributed by atoms with Crippen LogP contribution in [0, 0.1) is 13.8 Å². The van der Waals surface area contributed by atoms with Gasteiger partial charge in [-0.15, -0.1) is 0 Å². The van der Waals surface area contributed by atoms with Crippen LogP contribution in [0.1, 0.15) is 29.7 Å². The third-order valence-electron chi connectivity index (χ3n) is 2.46. The van der Waals surface area contributed by atoms with Crippen molar-refractivity contribution in [2.75, 3.05) is 0 Å². The first-order valence-corrected chi connectivity index (χ1v) is 4.67. The van der Waals surface area contributed by atoms with Crippen molar-refractivity contribution in [3.8, 4) is 5.75 Å². The molecule has 0 radical (unpaired) electrons. The van der Waals surface area contributed by atoms with Crippen LogP contribution in [0.15, 0.2) is 12.1 Å². The summed E-state index contributed by atoms with van der Waals surface area (Å²) in [7, 11) is 0. The van der Waals surface area contributed by atoms with E-state index in [1.165, 1.54) is 0 Å². The van der Waals surface area contributed by atoms with Crippen molar-refractivity contribution in [1.29, 1.82) is 0 Å². The highest BCUT2D eigenvalue weighted by Crippen LogP contribution is 2.26. The average molecular weight is 195 g/mol. The minimum absolute atomic E-state index is 0.268. The zero-order valence-corrected chi connectivity index (χ0v) is 8.78. The highest BCUT2D eigenvalue weighted by Gasteiger charge is 2.15. The van der Waals surface area contributed by atoms with Gasteiger partial charge in [-0.3, -0.25) is 0 Å². The molecule has 0 aliphatic carbocycles. The molecule has 0 saturated carbocycles. The summed E-state index contributed by atoms with van der Waals surface area (Å²) in [6, 6.07) is 3.10. The predicted molar refractivity (Wildman–Crippen MR) is 56.2 cm³/mol. The maximum Gasteiger partial charge on any atom is 0.118 e. The molecule has 0 saturated heterocycles. The number of phenolic OH excluding ortho intramolecular Hbond substituents is 1. The number of benzene rings is 1. The second-order valence-electron chi connectivity index (χ2n) is 3.76. The molecule has 0 amide bonds. The van der Waals surface area contributed by atoms with Crippen LogP contribution < -0.4 is 5.73 Å². The van der Waals surface area contributed by atoms with Crippen molar-refractivity contribution < 1.29 is 10.2 Å². The third kappa shape index (κ3) is 2.05. The Morgan fingerprint density at radius 2 is 1.79 bits per heavy atom. The lowest BCUT2D eigenvalue weighted by atomic mass is 9.96. The van der Waals surface area contributed by atoms with Crippen LogP contribution >= 0.6 is 0 Å². The summed E-state index contributed by atoms with van der Waals surface area (Å²) in [6.07, 6.45) is -0.586. The minimum Gasteiger partial charge on any atom is -0.508 e. The van der Waals surface area contributed by atoms with E-state index in [4.69, 9.17) is 5.73 Å². The van der Waals surface area contributed by atoms with Crippen LogP contribution in [0.25, 0.3) is 0 Å². The van der Waals surface area contributed by atoms with E-state index in [1.54, 1.807) is 13.0 Å². The van der Waals surface area contributed by atoms with Crippen molar-refractivity contribution in [3.05, 3.63) is 28.8 Å². The van der Waals surface area contributed by atoms with Crippen molar-refractivity contribution in [3.63, 3.8) is 0 Å². The molecule has 0 aliphatic heterocycles. The Hall–Kier alpha value is -1.06. The lowest BCUT2D eigenvalue weighted by molar-refractivity contribution is 0.164. The Kier molecular flexibility index (Phi) is 3.13. The number of phenols is 1. The van der Waals surface area contributed by atoms with Gasteiger partial charge in [0.15, 0.2) is 0 Å². The quantitative estimate of drug-likeness (QED) is 0.668. The molecular weight excluding hydrogens is 178 g/mol. The predicted octanol–water partition coefficient (Wildman–Crippen LogP) is 1.39. The zero-order chi connectivity index (χ0) is 10.9. The molecule has 0 bridgehead atoms. The molecule has 3 nitrogen and oxygen atoms in total. The van der Waals surface area contributed by atoms with Gasteiger partial charge in [0.25, 0.3) is 0 Å². The Labute approximate surface area is 84.2 Å². The van der Waals surface area contributed by atoms with Crippen molar-refractivity contribution in [2.24, 2.45) is 5.73 Å². The standard InChI is InChI=1S/C11H17NO2/c1-6-5-10(14)7(2)4-9(6)11(12)8(3)13/h4-5,8,11,13-14H,12H2,1-3H3/t8-,11+/m0/s1. The molecule has 0 heterocycles. The first-order valence-electron chi connectivity index (χ1n) is 4.67. The fraction of sp³-hybridized carbons (Fsp3) is 0.455. The molecule has 2 atom stereocenters. The van der Waals surface area contributed by atoms with Crippen LogP contribution in [0.2, 0.25) is 0 Å². The summed E-state index contributed by atoms with van der Waals surface area (Å²) in [5.74, 6) is 0.268. The van der Waals surface area contributed by atoms with Crippen LogP contribution in [0.3, 0.4) is 0 Å². The van der Waals surface area contributed by atoms with E-state index in [0.29, 0.717) is 0 Å². The van der Waals surface area contributed by atoms with E-state index in [1.807, 2.05) is 19.9 Å². The molecule has 1 aromatic carbocycles. The van der Waals surface area contributed by atoms with E-state index in [9.17, 15) is 10.2 Å². The number of nitrogens with two attached hydrogens (primary N) is 1. The molecule has 0 aromatic heterocycles. The molecule has 0 spiro atoms. The summed E-state index contributed by atoms with van der Waals surface area (Å²) >= 11 is 0. The van der Waals surface area contributed by atoms with Gasteiger partial charge in [-0.05, 0) is 43.5 Å². The van der Waals surface area contributed by atoms with E-state index < -0.39 is 12.1 Å². The van der Waals surface area contributed by atoms with Gasteiger partial charge in [-0.1, -0.05) is 6.07 Å². The zero-order valence-electron chi connectivity index (χ0n) is 8.78. The van der Waals surface area contributed by atoms with Gasteiger partial charge < -0.3 is 15.9 Å². The average Bonchev–Trinajstić information content (AvgIpc) is 2.10. The second-order valence-corrected chi connectivity index (χ2v) is 3.76. The van der Waals surface area contributed by atoms with Crippen molar-refractivity contribution in [2.45, 2.75) is 32.9 Å². The smallest absolute Gasteiger partial charge is 0.118 e. The molecule has 3 heteroatoms. The largest absolute Gasteiger partial charge is 0.508 e. The monoisotopic (exact) mass is 195 g/mol. The third-order valence-corrected chi connectivity index (χ3v) is 2.46. The van der Waals surface area contributed by atoms with E-state index in [2.05, 4.69) is 0 Å². The van der Waals surface area contributed by atoms with Gasteiger partial charge in [0.2, 0.25) is 0 Å². The van der Waals surface area contributed by atoms with Crippen molar-refractivity contribution >= 4 is 0 Å². The van der Waals surface area contributed by atoms with Gasteiger partial charge in [-0.2, -0.15) is 0 Å². The summed E-state index contributed by atoms with van der Waals surface area (Å²) in [5, 5.41) is 18.8. The van der Waals surface area contributed by atoms with Crippen LogP contribution in [-0.4, -0.2) is 16.3 Å².